The molecular weight excluding hydrogens is 250 g/mol. The monoisotopic (exact) mass is 269 g/mol. The van der Waals surface area contributed by atoms with Crippen molar-refractivity contribution in [2.75, 3.05) is 6.54 Å². The summed E-state index contributed by atoms with van der Waals surface area (Å²) < 4.78 is 0. The molecule has 0 bridgehead atoms. The van der Waals surface area contributed by atoms with Crippen LogP contribution in [0.15, 0.2) is 54.7 Å². The van der Waals surface area contributed by atoms with Gasteiger partial charge in [0.2, 0.25) is 5.91 Å². The molecule has 1 aromatic carbocycles. The van der Waals surface area contributed by atoms with Gasteiger partial charge in [0.05, 0.1) is 12.2 Å². The van der Waals surface area contributed by atoms with Gasteiger partial charge in [-0.3, -0.25) is 9.78 Å². The first-order valence-electron chi connectivity index (χ1n) is 6.70. The number of hydrogen-bond donors (Lipinski definition) is 2. The molecule has 0 aliphatic heterocycles. The Bertz CT molecular complexity index is 528. The Hall–Kier alpha value is -2.20. The van der Waals surface area contributed by atoms with Crippen molar-refractivity contribution in [1.82, 2.24) is 15.6 Å². The van der Waals surface area contributed by atoms with E-state index >= 15 is 0 Å². The van der Waals surface area contributed by atoms with Crippen LogP contribution in [0.3, 0.4) is 0 Å². The molecule has 2 rings (SSSR count). The number of benzene rings is 1. The number of carbonyl (C=O) groups is 1. The summed E-state index contributed by atoms with van der Waals surface area (Å²) in [7, 11) is 0. The van der Waals surface area contributed by atoms with E-state index in [9.17, 15) is 4.79 Å². The molecule has 0 unspecified atom stereocenters. The zero-order valence-electron chi connectivity index (χ0n) is 11.5. The van der Waals surface area contributed by atoms with Crippen LogP contribution >= 0.6 is 0 Å². The third-order valence-electron chi connectivity index (χ3n) is 3.03. The molecule has 0 aliphatic rings. The normalized spacial score (nSPS) is 11.8. The van der Waals surface area contributed by atoms with Gasteiger partial charge < -0.3 is 10.6 Å². The first kappa shape index (κ1) is 14.2. The molecule has 4 heteroatoms. The van der Waals surface area contributed by atoms with Gasteiger partial charge in [-0.05, 0) is 24.6 Å². The van der Waals surface area contributed by atoms with Gasteiger partial charge in [-0.25, -0.2) is 0 Å². The van der Waals surface area contributed by atoms with Gasteiger partial charge in [-0.2, -0.15) is 0 Å². The van der Waals surface area contributed by atoms with Crippen LogP contribution in [0, 0.1) is 0 Å². The molecule has 2 N–H and O–H groups in total. The summed E-state index contributed by atoms with van der Waals surface area (Å²) in [4.78, 5) is 16.0. The highest BCUT2D eigenvalue weighted by molar-refractivity contribution is 5.78. The predicted molar refractivity (Wildman–Crippen MR) is 78.9 cm³/mol. The van der Waals surface area contributed by atoms with E-state index < -0.39 is 0 Å². The Morgan fingerprint density at radius 3 is 2.60 bits per heavy atom. The highest BCUT2D eigenvalue weighted by atomic mass is 16.1. The average Bonchev–Trinajstić information content (AvgIpc) is 2.52. The molecule has 1 heterocycles. The van der Waals surface area contributed by atoms with E-state index in [4.69, 9.17) is 0 Å². The average molecular weight is 269 g/mol. The van der Waals surface area contributed by atoms with Gasteiger partial charge in [0.25, 0.3) is 0 Å². The van der Waals surface area contributed by atoms with Crippen LogP contribution in [0.1, 0.15) is 24.2 Å². The van der Waals surface area contributed by atoms with E-state index in [1.165, 1.54) is 0 Å². The summed E-state index contributed by atoms with van der Waals surface area (Å²) in [6.45, 7) is 2.83. The first-order valence-corrected chi connectivity index (χ1v) is 6.70. The molecule has 0 fully saturated rings. The van der Waals surface area contributed by atoms with E-state index in [0.717, 1.165) is 11.3 Å². The Labute approximate surface area is 119 Å². The number of carbonyl (C=O) groups excluding carboxylic acids is 1. The number of rotatable bonds is 6. The lowest BCUT2D eigenvalue weighted by molar-refractivity contribution is -0.120. The smallest absolute Gasteiger partial charge is 0.234 e. The fourth-order valence-electron chi connectivity index (χ4n) is 1.84. The van der Waals surface area contributed by atoms with Gasteiger partial charge >= 0.3 is 0 Å². The zero-order valence-corrected chi connectivity index (χ0v) is 11.5. The lowest BCUT2D eigenvalue weighted by Crippen LogP contribution is -2.34. The van der Waals surface area contributed by atoms with Crippen LogP contribution in [-0.4, -0.2) is 17.4 Å². The Kier molecular flexibility index (Phi) is 5.26. The second kappa shape index (κ2) is 7.40. The Morgan fingerprint density at radius 1 is 1.15 bits per heavy atom. The second-order valence-corrected chi connectivity index (χ2v) is 4.62. The molecule has 2 aromatic rings. The highest BCUT2D eigenvalue weighted by Gasteiger charge is 2.07. The predicted octanol–water partition coefficient (Wildman–Crippen LogP) is 2.05. The van der Waals surface area contributed by atoms with Gasteiger partial charge in [-0.15, -0.1) is 0 Å². The van der Waals surface area contributed by atoms with Gasteiger partial charge in [-0.1, -0.05) is 36.4 Å². The molecule has 0 saturated carbocycles. The molecule has 0 saturated heterocycles. The highest BCUT2D eigenvalue weighted by Crippen LogP contribution is 2.06. The molecular formula is C16H19N3O. The number of nitrogens with one attached hydrogen (secondary N) is 2. The van der Waals surface area contributed by atoms with Crippen LogP contribution in [0.4, 0.5) is 0 Å². The summed E-state index contributed by atoms with van der Waals surface area (Å²) in [5.41, 5.74) is 2.03. The molecule has 0 spiro atoms. The summed E-state index contributed by atoms with van der Waals surface area (Å²) in [5, 5.41) is 6.04. The zero-order chi connectivity index (χ0) is 14.2. The maximum Gasteiger partial charge on any atom is 0.234 e. The maximum absolute atomic E-state index is 11.8. The lowest BCUT2D eigenvalue weighted by atomic mass is 10.2. The van der Waals surface area contributed by atoms with Gasteiger partial charge in [0, 0.05) is 18.8 Å². The number of pyridine rings is 1. The fourth-order valence-corrected chi connectivity index (χ4v) is 1.84. The largest absolute Gasteiger partial charge is 0.351 e. The molecule has 20 heavy (non-hydrogen) atoms. The Balaban J connectivity index is 1.73. The minimum Gasteiger partial charge on any atom is -0.351 e. The van der Waals surface area contributed by atoms with Crippen molar-refractivity contribution < 1.29 is 4.79 Å². The number of aromatic nitrogens is 1. The summed E-state index contributed by atoms with van der Waals surface area (Å²) in [6, 6.07) is 15.7. The Morgan fingerprint density at radius 2 is 1.90 bits per heavy atom. The van der Waals surface area contributed by atoms with Crippen molar-refractivity contribution in [2.24, 2.45) is 0 Å². The van der Waals surface area contributed by atoms with E-state index in [0.29, 0.717) is 6.54 Å². The molecule has 1 amide bonds. The molecule has 4 nitrogen and oxygen atoms in total. The summed E-state index contributed by atoms with van der Waals surface area (Å²) in [5.74, 6) is -0.0170. The van der Waals surface area contributed by atoms with Crippen molar-refractivity contribution in [1.29, 1.82) is 0 Å². The third kappa shape index (κ3) is 4.48. The minimum atomic E-state index is -0.0170. The molecule has 1 aromatic heterocycles. The van der Waals surface area contributed by atoms with Crippen molar-refractivity contribution in [3.05, 3.63) is 66.0 Å². The van der Waals surface area contributed by atoms with Crippen molar-refractivity contribution >= 4 is 5.91 Å². The quantitative estimate of drug-likeness (QED) is 0.844. The second-order valence-electron chi connectivity index (χ2n) is 4.62. The number of nitrogens with zero attached hydrogens (tertiary/aromatic N) is 1. The van der Waals surface area contributed by atoms with Gasteiger partial charge in [0.15, 0.2) is 0 Å². The molecule has 0 aliphatic carbocycles. The van der Waals surface area contributed by atoms with E-state index in [2.05, 4.69) is 15.6 Å². The molecule has 104 valence electrons. The topological polar surface area (TPSA) is 54.0 Å². The van der Waals surface area contributed by atoms with Crippen LogP contribution in [-0.2, 0) is 11.3 Å². The van der Waals surface area contributed by atoms with Gasteiger partial charge in [0.1, 0.15) is 0 Å². The van der Waals surface area contributed by atoms with Crippen LogP contribution in [0.5, 0.6) is 0 Å². The minimum absolute atomic E-state index is 0.0170. The number of hydrogen-bond acceptors (Lipinski definition) is 3. The lowest BCUT2D eigenvalue weighted by Gasteiger charge is -2.13. The summed E-state index contributed by atoms with van der Waals surface area (Å²) >= 11 is 0. The first-order chi connectivity index (χ1) is 9.75. The number of amides is 1. The SMILES string of the molecule is C[C@H](NCC(=O)NCc1ccccc1)c1ccccn1. The fraction of sp³-hybridized carbons (Fsp3) is 0.250. The van der Waals surface area contributed by atoms with E-state index in [-0.39, 0.29) is 18.5 Å². The van der Waals surface area contributed by atoms with Crippen LogP contribution in [0.25, 0.3) is 0 Å². The van der Waals surface area contributed by atoms with Crippen LogP contribution in [0.2, 0.25) is 0 Å². The molecule has 1 atom stereocenters. The van der Waals surface area contributed by atoms with Crippen molar-refractivity contribution in [3.8, 4) is 0 Å². The standard InChI is InChI=1S/C16H19N3O/c1-13(15-9-5-6-10-17-15)18-12-16(20)19-11-14-7-3-2-4-8-14/h2-10,13,18H,11-12H2,1H3,(H,19,20)/t13-/m0/s1. The summed E-state index contributed by atoms with van der Waals surface area (Å²) in [6.07, 6.45) is 1.75. The third-order valence-corrected chi connectivity index (χ3v) is 3.03. The maximum atomic E-state index is 11.8. The van der Waals surface area contributed by atoms with E-state index in [1.54, 1.807) is 6.20 Å². The van der Waals surface area contributed by atoms with Crippen LogP contribution < -0.4 is 10.6 Å². The molecule has 0 radical (unpaired) electrons. The van der Waals surface area contributed by atoms with E-state index in [1.807, 2.05) is 55.5 Å². The van der Waals surface area contributed by atoms with Crippen molar-refractivity contribution in [3.63, 3.8) is 0 Å². The van der Waals surface area contributed by atoms with Crippen molar-refractivity contribution in [2.45, 2.75) is 19.5 Å².